The molecular formula is C16H24ClFN2O2. The van der Waals surface area contributed by atoms with E-state index in [9.17, 15) is 9.18 Å². The Kier molecular flexibility index (Phi) is 7.62. The third-order valence-electron chi connectivity index (χ3n) is 3.79. The van der Waals surface area contributed by atoms with E-state index in [1.54, 1.807) is 12.1 Å². The SMILES string of the molecule is CCCC(N)C(=O)N1CCC(Oc2ccc(F)cc2)CC1.Cl. The van der Waals surface area contributed by atoms with Gasteiger partial charge in [0.05, 0.1) is 6.04 Å². The Morgan fingerprint density at radius 3 is 2.50 bits per heavy atom. The van der Waals surface area contributed by atoms with Gasteiger partial charge in [-0.05, 0) is 30.7 Å². The summed E-state index contributed by atoms with van der Waals surface area (Å²) in [6.45, 7) is 3.36. The molecule has 1 amide bonds. The van der Waals surface area contributed by atoms with Crippen molar-refractivity contribution < 1.29 is 13.9 Å². The second-order valence-corrected chi connectivity index (χ2v) is 5.49. The van der Waals surface area contributed by atoms with Gasteiger partial charge in [-0.15, -0.1) is 12.4 Å². The molecule has 1 aromatic rings. The zero-order chi connectivity index (χ0) is 15.2. The Labute approximate surface area is 137 Å². The molecule has 4 nitrogen and oxygen atoms in total. The lowest BCUT2D eigenvalue weighted by Gasteiger charge is -2.33. The minimum absolute atomic E-state index is 0. The van der Waals surface area contributed by atoms with Gasteiger partial charge in [0.2, 0.25) is 5.91 Å². The standard InChI is InChI=1S/C16H23FN2O2.ClH/c1-2-3-15(18)16(20)19-10-8-14(9-11-19)21-13-6-4-12(17)5-7-13;/h4-7,14-15H,2-3,8-11,18H2,1H3;1H. The van der Waals surface area contributed by atoms with Crippen molar-refractivity contribution >= 4 is 18.3 Å². The Hall–Kier alpha value is -1.33. The van der Waals surface area contributed by atoms with Gasteiger partial charge < -0.3 is 15.4 Å². The van der Waals surface area contributed by atoms with Crippen LogP contribution in [-0.4, -0.2) is 36.0 Å². The smallest absolute Gasteiger partial charge is 0.239 e. The molecular weight excluding hydrogens is 307 g/mol. The Morgan fingerprint density at radius 2 is 1.95 bits per heavy atom. The van der Waals surface area contributed by atoms with Crippen LogP contribution in [0.4, 0.5) is 4.39 Å². The Morgan fingerprint density at radius 1 is 1.36 bits per heavy atom. The first kappa shape index (κ1) is 18.7. The highest BCUT2D eigenvalue weighted by molar-refractivity contribution is 5.85. The number of nitrogens with two attached hydrogens (primary N) is 1. The average Bonchev–Trinajstić information content (AvgIpc) is 2.50. The zero-order valence-electron chi connectivity index (χ0n) is 12.8. The van der Waals surface area contributed by atoms with Crippen LogP contribution < -0.4 is 10.5 Å². The molecule has 1 heterocycles. The van der Waals surface area contributed by atoms with Crippen molar-refractivity contribution in [2.75, 3.05) is 13.1 Å². The van der Waals surface area contributed by atoms with Gasteiger partial charge >= 0.3 is 0 Å². The van der Waals surface area contributed by atoms with E-state index in [1.807, 2.05) is 11.8 Å². The van der Waals surface area contributed by atoms with Crippen LogP contribution in [0.1, 0.15) is 32.6 Å². The van der Waals surface area contributed by atoms with E-state index >= 15 is 0 Å². The normalized spacial score (nSPS) is 16.8. The molecule has 0 saturated carbocycles. The van der Waals surface area contributed by atoms with Crippen LogP contribution in [0, 0.1) is 5.82 Å². The van der Waals surface area contributed by atoms with Gasteiger partial charge in [0.1, 0.15) is 17.7 Å². The highest BCUT2D eigenvalue weighted by Crippen LogP contribution is 2.20. The average molecular weight is 331 g/mol. The highest BCUT2D eigenvalue weighted by atomic mass is 35.5. The van der Waals surface area contributed by atoms with E-state index in [0.29, 0.717) is 18.8 Å². The van der Waals surface area contributed by atoms with Gasteiger partial charge in [-0.25, -0.2) is 4.39 Å². The summed E-state index contributed by atoms with van der Waals surface area (Å²) in [5, 5.41) is 0. The van der Waals surface area contributed by atoms with Crippen molar-refractivity contribution in [1.82, 2.24) is 4.90 Å². The van der Waals surface area contributed by atoms with Crippen molar-refractivity contribution in [2.45, 2.75) is 44.8 Å². The number of hydrogen-bond acceptors (Lipinski definition) is 3. The maximum Gasteiger partial charge on any atom is 0.239 e. The van der Waals surface area contributed by atoms with E-state index < -0.39 is 0 Å². The fraction of sp³-hybridized carbons (Fsp3) is 0.562. The molecule has 0 aromatic heterocycles. The van der Waals surface area contributed by atoms with Gasteiger partial charge in [-0.1, -0.05) is 13.3 Å². The minimum atomic E-state index is -0.385. The summed E-state index contributed by atoms with van der Waals surface area (Å²) in [6, 6.07) is 5.65. The van der Waals surface area contributed by atoms with Crippen molar-refractivity contribution in [1.29, 1.82) is 0 Å². The van der Waals surface area contributed by atoms with E-state index in [0.717, 1.165) is 25.7 Å². The first-order chi connectivity index (χ1) is 10.1. The van der Waals surface area contributed by atoms with Gasteiger partial charge in [0, 0.05) is 25.9 Å². The lowest BCUT2D eigenvalue weighted by Crippen LogP contribution is -2.48. The van der Waals surface area contributed by atoms with E-state index in [4.69, 9.17) is 10.5 Å². The predicted molar refractivity (Wildman–Crippen MR) is 86.8 cm³/mol. The summed E-state index contributed by atoms with van der Waals surface area (Å²) < 4.78 is 18.6. The number of carbonyl (C=O) groups is 1. The Bertz CT molecular complexity index is 462. The van der Waals surface area contributed by atoms with Crippen LogP contribution in [0.15, 0.2) is 24.3 Å². The number of benzene rings is 1. The molecule has 1 aliphatic rings. The molecule has 1 aliphatic heterocycles. The topological polar surface area (TPSA) is 55.6 Å². The third kappa shape index (κ3) is 5.14. The van der Waals surface area contributed by atoms with E-state index in [1.165, 1.54) is 12.1 Å². The Balaban J connectivity index is 0.00000242. The number of ether oxygens (including phenoxy) is 1. The van der Waals surface area contributed by atoms with Gasteiger partial charge in [0.15, 0.2) is 0 Å². The molecule has 1 aromatic carbocycles. The number of halogens is 2. The summed E-state index contributed by atoms with van der Waals surface area (Å²) in [6.07, 6.45) is 3.27. The number of piperidine rings is 1. The molecule has 1 saturated heterocycles. The molecule has 0 aliphatic carbocycles. The van der Waals surface area contributed by atoms with Crippen molar-refractivity contribution in [3.8, 4) is 5.75 Å². The van der Waals surface area contributed by atoms with Crippen LogP contribution in [0.2, 0.25) is 0 Å². The molecule has 0 spiro atoms. The maximum absolute atomic E-state index is 12.8. The first-order valence-electron chi connectivity index (χ1n) is 7.56. The van der Waals surface area contributed by atoms with Gasteiger partial charge in [0.25, 0.3) is 0 Å². The second kappa shape index (κ2) is 8.96. The van der Waals surface area contributed by atoms with Crippen molar-refractivity contribution in [3.05, 3.63) is 30.1 Å². The van der Waals surface area contributed by atoms with Crippen LogP contribution in [0.3, 0.4) is 0 Å². The van der Waals surface area contributed by atoms with Crippen LogP contribution >= 0.6 is 12.4 Å². The number of rotatable bonds is 5. The second-order valence-electron chi connectivity index (χ2n) is 5.49. The van der Waals surface area contributed by atoms with E-state index in [-0.39, 0.29) is 36.3 Å². The minimum Gasteiger partial charge on any atom is -0.490 e. The molecule has 2 N–H and O–H groups in total. The molecule has 1 unspecified atom stereocenters. The first-order valence-corrected chi connectivity index (χ1v) is 7.56. The molecule has 124 valence electrons. The molecule has 6 heteroatoms. The monoisotopic (exact) mass is 330 g/mol. The lowest BCUT2D eigenvalue weighted by atomic mass is 10.1. The van der Waals surface area contributed by atoms with Crippen LogP contribution in [0.5, 0.6) is 5.75 Å². The fourth-order valence-electron chi connectivity index (χ4n) is 2.57. The molecule has 1 fully saturated rings. The quantitative estimate of drug-likeness (QED) is 0.903. The molecule has 22 heavy (non-hydrogen) atoms. The number of amides is 1. The van der Waals surface area contributed by atoms with Gasteiger partial charge in [-0.2, -0.15) is 0 Å². The van der Waals surface area contributed by atoms with E-state index in [2.05, 4.69) is 0 Å². The van der Waals surface area contributed by atoms with Gasteiger partial charge in [-0.3, -0.25) is 4.79 Å². The summed E-state index contributed by atoms with van der Waals surface area (Å²) >= 11 is 0. The number of carbonyl (C=O) groups excluding carboxylic acids is 1. The number of hydrogen-bond donors (Lipinski definition) is 1. The maximum atomic E-state index is 12.8. The van der Waals surface area contributed by atoms with Crippen molar-refractivity contribution in [3.63, 3.8) is 0 Å². The zero-order valence-corrected chi connectivity index (χ0v) is 13.7. The van der Waals surface area contributed by atoms with Crippen LogP contribution in [-0.2, 0) is 4.79 Å². The molecule has 2 rings (SSSR count). The molecule has 1 atom stereocenters. The summed E-state index contributed by atoms with van der Waals surface area (Å²) in [4.78, 5) is 13.9. The lowest BCUT2D eigenvalue weighted by molar-refractivity contribution is -0.134. The van der Waals surface area contributed by atoms with Crippen LogP contribution in [0.25, 0.3) is 0 Å². The predicted octanol–water partition coefficient (Wildman–Crippen LogP) is 2.74. The molecule has 0 radical (unpaired) electrons. The summed E-state index contributed by atoms with van der Waals surface area (Å²) in [5.74, 6) is 0.439. The highest BCUT2D eigenvalue weighted by Gasteiger charge is 2.26. The fourth-order valence-corrected chi connectivity index (χ4v) is 2.57. The van der Waals surface area contributed by atoms with Crippen molar-refractivity contribution in [2.24, 2.45) is 5.73 Å². The largest absolute Gasteiger partial charge is 0.490 e. The summed E-state index contributed by atoms with van der Waals surface area (Å²) in [5.41, 5.74) is 5.87. The summed E-state index contributed by atoms with van der Waals surface area (Å²) in [7, 11) is 0. The number of likely N-dealkylation sites (tertiary alicyclic amines) is 1. The third-order valence-corrected chi connectivity index (χ3v) is 3.79. The molecule has 0 bridgehead atoms. The number of nitrogens with zero attached hydrogens (tertiary/aromatic N) is 1.